The van der Waals surface area contributed by atoms with Gasteiger partial charge in [-0.25, -0.2) is 0 Å². The molecule has 5 heteroatoms. The molecule has 19 heavy (non-hydrogen) atoms. The van der Waals surface area contributed by atoms with Crippen molar-refractivity contribution in [2.45, 2.75) is 25.1 Å². The third-order valence-corrected chi connectivity index (χ3v) is 3.81. The lowest BCUT2D eigenvalue weighted by Crippen LogP contribution is -2.12. The Morgan fingerprint density at radius 2 is 1.84 bits per heavy atom. The molecule has 1 N–H and O–H groups in total. The Labute approximate surface area is 113 Å². The summed E-state index contributed by atoms with van der Waals surface area (Å²) in [5.41, 5.74) is -0.805. The number of aryl methyl sites for hydroxylation is 1. The van der Waals surface area contributed by atoms with E-state index in [0.717, 1.165) is 10.9 Å². The Morgan fingerprint density at radius 1 is 1.11 bits per heavy atom. The number of rotatable bonds is 4. The first-order valence-corrected chi connectivity index (χ1v) is 6.73. The van der Waals surface area contributed by atoms with Crippen molar-refractivity contribution in [3.05, 3.63) is 57.8 Å². The summed E-state index contributed by atoms with van der Waals surface area (Å²) >= 11 is 1.54. The number of hydrogen-bond acceptors (Lipinski definition) is 2. The molecule has 1 aromatic carbocycles. The smallest absolute Gasteiger partial charge is 0.388 e. The van der Waals surface area contributed by atoms with Gasteiger partial charge in [-0.15, -0.1) is 11.3 Å². The molecule has 0 aliphatic heterocycles. The van der Waals surface area contributed by atoms with E-state index in [1.807, 2.05) is 17.5 Å². The molecule has 0 saturated heterocycles. The second-order valence-electron chi connectivity index (χ2n) is 4.22. The van der Waals surface area contributed by atoms with Gasteiger partial charge in [0.2, 0.25) is 0 Å². The topological polar surface area (TPSA) is 20.2 Å². The second kappa shape index (κ2) is 5.75. The summed E-state index contributed by atoms with van der Waals surface area (Å²) < 4.78 is 38.4. The van der Waals surface area contributed by atoms with Gasteiger partial charge in [0.1, 0.15) is 0 Å². The van der Waals surface area contributed by atoms with E-state index in [9.17, 15) is 18.3 Å². The average Bonchev–Trinajstić information content (AvgIpc) is 2.88. The molecule has 0 fully saturated rings. The Morgan fingerprint density at radius 3 is 2.47 bits per heavy atom. The Hall–Kier alpha value is -1.33. The van der Waals surface area contributed by atoms with Crippen LogP contribution in [0.5, 0.6) is 0 Å². The minimum Gasteiger partial charge on any atom is -0.388 e. The van der Waals surface area contributed by atoms with E-state index in [-0.39, 0.29) is 12.0 Å². The summed E-state index contributed by atoms with van der Waals surface area (Å²) in [7, 11) is 0. The Kier molecular flexibility index (Phi) is 4.27. The van der Waals surface area contributed by atoms with Crippen LogP contribution < -0.4 is 0 Å². The van der Waals surface area contributed by atoms with Gasteiger partial charge in [0, 0.05) is 4.88 Å². The van der Waals surface area contributed by atoms with E-state index in [4.69, 9.17) is 0 Å². The van der Waals surface area contributed by atoms with Crippen molar-refractivity contribution in [1.82, 2.24) is 0 Å². The molecule has 1 atom stereocenters. The molecule has 0 amide bonds. The first-order chi connectivity index (χ1) is 8.98. The van der Waals surface area contributed by atoms with Crippen LogP contribution in [0.1, 0.15) is 28.5 Å². The van der Waals surface area contributed by atoms with Crippen molar-refractivity contribution in [3.63, 3.8) is 0 Å². The fourth-order valence-corrected chi connectivity index (χ4v) is 2.66. The van der Waals surface area contributed by atoms with Crippen LogP contribution in [0.4, 0.5) is 13.2 Å². The van der Waals surface area contributed by atoms with Gasteiger partial charge in [-0.3, -0.25) is 0 Å². The zero-order chi connectivity index (χ0) is 13.9. The van der Waals surface area contributed by atoms with Crippen LogP contribution in [0, 0.1) is 0 Å². The zero-order valence-electron chi connectivity index (χ0n) is 10.0. The predicted molar refractivity (Wildman–Crippen MR) is 69.0 cm³/mol. The van der Waals surface area contributed by atoms with E-state index in [0.29, 0.717) is 6.42 Å². The van der Waals surface area contributed by atoms with Gasteiger partial charge in [-0.2, -0.15) is 13.2 Å². The largest absolute Gasteiger partial charge is 0.416 e. The number of hydrogen-bond donors (Lipinski definition) is 1. The van der Waals surface area contributed by atoms with Gasteiger partial charge in [0.25, 0.3) is 0 Å². The van der Waals surface area contributed by atoms with Crippen molar-refractivity contribution in [3.8, 4) is 0 Å². The predicted octanol–water partition coefficient (Wildman–Crippen LogP) is 4.43. The molecule has 0 spiro atoms. The summed E-state index contributed by atoms with van der Waals surface area (Å²) in [5.74, 6) is 0. The van der Waals surface area contributed by atoms with Crippen LogP contribution in [-0.4, -0.2) is 5.11 Å². The van der Waals surface area contributed by atoms with Gasteiger partial charge in [0.15, 0.2) is 0 Å². The first-order valence-electron chi connectivity index (χ1n) is 5.85. The van der Waals surface area contributed by atoms with Gasteiger partial charge >= 0.3 is 6.18 Å². The lowest BCUT2D eigenvalue weighted by atomic mass is 9.98. The third-order valence-electron chi connectivity index (χ3n) is 2.87. The van der Waals surface area contributed by atoms with Crippen molar-refractivity contribution in [2.75, 3.05) is 0 Å². The number of halogens is 3. The fraction of sp³-hybridized carbons (Fsp3) is 0.286. The molecule has 1 heterocycles. The van der Waals surface area contributed by atoms with Crippen LogP contribution in [0.15, 0.2) is 41.8 Å². The summed E-state index contributed by atoms with van der Waals surface area (Å²) in [4.78, 5) is 1.06. The second-order valence-corrected chi connectivity index (χ2v) is 5.25. The van der Waals surface area contributed by atoms with Crippen molar-refractivity contribution < 1.29 is 18.3 Å². The number of alkyl halides is 3. The lowest BCUT2D eigenvalue weighted by Gasteiger charge is -2.17. The zero-order valence-corrected chi connectivity index (χ0v) is 10.8. The van der Waals surface area contributed by atoms with E-state index >= 15 is 0 Å². The maximum atomic E-state index is 12.8. The van der Waals surface area contributed by atoms with Crippen LogP contribution >= 0.6 is 11.3 Å². The number of benzene rings is 1. The number of aliphatic hydroxyl groups is 1. The highest BCUT2D eigenvalue weighted by Gasteiger charge is 2.34. The average molecular weight is 286 g/mol. The summed E-state index contributed by atoms with van der Waals surface area (Å²) in [6.45, 7) is 0. The van der Waals surface area contributed by atoms with Crippen LogP contribution in [0.25, 0.3) is 0 Å². The highest BCUT2D eigenvalue weighted by atomic mass is 32.1. The summed E-state index contributed by atoms with van der Waals surface area (Å²) in [6.07, 6.45) is -4.67. The molecular weight excluding hydrogens is 273 g/mol. The highest BCUT2D eigenvalue weighted by molar-refractivity contribution is 7.09. The molecule has 0 saturated carbocycles. The molecule has 102 valence electrons. The van der Waals surface area contributed by atoms with E-state index in [1.54, 1.807) is 0 Å². The molecule has 0 aliphatic carbocycles. The lowest BCUT2D eigenvalue weighted by molar-refractivity contribution is -0.139. The van der Waals surface area contributed by atoms with Crippen LogP contribution in [0.3, 0.4) is 0 Å². The highest BCUT2D eigenvalue weighted by Crippen LogP contribution is 2.35. The van der Waals surface area contributed by atoms with E-state index in [2.05, 4.69) is 0 Å². The van der Waals surface area contributed by atoms with Gasteiger partial charge in [0.05, 0.1) is 11.7 Å². The normalized spacial score (nSPS) is 13.5. The molecular formula is C14H13F3OS. The van der Waals surface area contributed by atoms with Gasteiger partial charge in [-0.05, 0) is 35.9 Å². The minimum atomic E-state index is -4.43. The first kappa shape index (κ1) is 14.1. The molecule has 0 bridgehead atoms. The molecule has 0 aliphatic rings. The van der Waals surface area contributed by atoms with Gasteiger partial charge < -0.3 is 5.11 Å². The molecule has 1 nitrogen and oxygen atoms in total. The summed E-state index contributed by atoms with van der Waals surface area (Å²) in [6, 6.07) is 8.98. The SMILES string of the molecule is OC(CCc1cccs1)c1ccccc1C(F)(F)F. The van der Waals surface area contributed by atoms with Crippen molar-refractivity contribution in [2.24, 2.45) is 0 Å². The molecule has 1 aromatic heterocycles. The van der Waals surface area contributed by atoms with Crippen LogP contribution in [0.2, 0.25) is 0 Å². The Bertz CT molecular complexity index is 520. The van der Waals surface area contributed by atoms with E-state index in [1.165, 1.54) is 29.5 Å². The monoisotopic (exact) mass is 286 g/mol. The van der Waals surface area contributed by atoms with E-state index < -0.39 is 17.8 Å². The number of thiophene rings is 1. The summed E-state index contributed by atoms with van der Waals surface area (Å²) in [5, 5.41) is 11.9. The number of aliphatic hydroxyl groups excluding tert-OH is 1. The molecule has 0 radical (unpaired) electrons. The van der Waals surface area contributed by atoms with Crippen LogP contribution in [-0.2, 0) is 12.6 Å². The molecule has 1 unspecified atom stereocenters. The Balaban J connectivity index is 2.12. The third kappa shape index (κ3) is 3.58. The maximum absolute atomic E-state index is 12.8. The quantitative estimate of drug-likeness (QED) is 0.881. The minimum absolute atomic E-state index is 0.0495. The van der Waals surface area contributed by atoms with Crippen molar-refractivity contribution in [1.29, 1.82) is 0 Å². The standard InChI is InChI=1S/C14H13F3OS/c15-14(16,17)12-6-2-1-5-11(12)13(18)8-7-10-4-3-9-19-10/h1-6,9,13,18H,7-8H2. The maximum Gasteiger partial charge on any atom is 0.416 e. The van der Waals surface area contributed by atoms with Gasteiger partial charge in [-0.1, -0.05) is 24.3 Å². The fourth-order valence-electron chi connectivity index (χ4n) is 1.94. The molecule has 2 rings (SSSR count). The van der Waals surface area contributed by atoms with Crippen molar-refractivity contribution >= 4 is 11.3 Å². The molecule has 2 aromatic rings.